The van der Waals surface area contributed by atoms with E-state index in [1.54, 1.807) is 19.2 Å². The smallest absolute Gasteiger partial charge is 0.248 e. The minimum absolute atomic E-state index is 0.397. The third kappa shape index (κ3) is 2.88. The molecule has 3 nitrogen and oxygen atoms in total. The number of rotatable bonds is 4. The predicted octanol–water partition coefficient (Wildman–Crippen LogP) is 2.38. The summed E-state index contributed by atoms with van der Waals surface area (Å²) < 4.78 is 5.11. The van der Waals surface area contributed by atoms with E-state index in [9.17, 15) is 4.79 Å². The maximum Gasteiger partial charge on any atom is 0.248 e. The molecule has 3 heteroatoms. The first-order valence-corrected chi connectivity index (χ1v) is 5.71. The van der Waals surface area contributed by atoms with E-state index in [1.165, 1.54) is 5.56 Å². The van der Waals surface area contributed by atoms with Gasteiger partial charge in [0.05, 0.1) is 7.11 Å². The van der Waals surface area contributed by atoms with E-state index in [-0.39, 0.29) is 0 Å². The maximum atomic E-state index is 10.9. The number of carbonyl (C=O) groups is 1. The van der Waals surface area contributed by atoms with Gasteiger partial charge in [-0.2, -0.15) is 0 Å². The van der Waals surface area contributed by atoms with Crippen LogP contribution in [0, 0.1) is 0 Å². The summed E-state index contributed by atoms with van der Waals surface area (Å²) >= 11 is 0. The molecule has 0 spiro atoms. The van der Waals surface area contributed by atoms with Gasteiger partial charge in [0.1, 0.15) is 5.75 Å². The Morgan fingerprint density at radius 1 is 1.00 bits per heavy atom. The number of ether oxygens (including phenoxy) is 1. The highest BCUT2D eigenvalue weighted by Crippen LogP contribution is 2.15. The van der Waals surface area contributed by atoms with Crippen molar-refractivity contribution in [3.05, 3.63) is 65.2 Å². The van der Waals surface area contributed by atoms with Crippen LogP contribution in [0.25, 0.3) is 0 Å². The van der Waals surface area contributed by atoms with Crippen LogP contribution in [0.3, 0.4) is 0 Å². The second-order valence-corrected chi connectivity index (χ2v) is 4.09. The van der Waals surface area contributed by atoms with Crippen molar-refractivity contribution >= 4 is 5.91 Å². The molecule has 0 aromatic heterocycles. The molecule has 0 radical (unpaired) electrons. The molecule has 0 bridgehead atoms. The molecule has 0 aliphatic carbocycles. The summed E-state index contributed by atoms with van der Waals surface area (Å²) in [7, 11) is 1.65. The number of benzene rings is 2. The van der Waals surface area contributed by atoms with Crippen LogP contribution < -0.4 is 10.5 Å². The molecule has 0 atom stereocenters. The lowest BCUT2D eigenvalue weighted by Gasteiger charge is -2.04. The number of methoxy groups -OCH3 is 1. The Morgan fingerprint density at radius 2 is 1.50 bits per heavy atom. The Balaban J connectivity index is 2.10. The summed E-state index contributed by atoms with van der Waals surface area (Å²) in [4.78, 5) is 10.9. The first kappa shape index (κ1) is 12.2. The molecule has 2 rings (SSSR count). The van der Waals surface area contributed by atoms with Gasteiger partial charge in [-0.1, -0.05) is 24.3 Å². The molecular weight excluding hydrogens is 226 g/mol. The van der Waals surface area contributed by atoms with E-state index in [1.807, 2.05) is 36.4 Å². The van der Waals surface area contributed by atoms with Gasteiger partial charge in [-0.15, -0.1) is 0 Å². The Bertz CT molecular complexity index is 529. The van der Waals surface area contributed by atoms with E-state index >= 15 is 0 Å². The SMILES string of the molecule is COc1ccc(Cc2ccc(C(N)=O)cc2)cc1. The van der Waals surface area contributed by atoms with Crippen molar-refractivity contribution in [2.75, 3.05) is 7.11 Å². The Morgan fingerprint density at radius 3 is 1.94 bits per heavy atom. The molecule has 2 aromatic carbocycles. The van der Waals surface area contributed by atoms with Crippen molar-refractivity contribution in [1.29, 1.82) is 0 Å². The number of amides is 1. The van der Waals surface area contributed by atoms with E-state index in [0.717, 1.165) is 17.7 Å². The summed E-state index contributed by atoms with van der Waals surface area (Å²) in [6.07, 6.45) is 0.822. The minimum Gasteiger partial charge on any atom is -0.497 e. The molecule has 18 heavy (non-hydrogen) atoms. The standard InChI is InChI=1S/C15H15NO2/c1-18-14-8-4-12(5-9-14)10-11-2-6-13(7-3-11)15(16)17/h2-9H,10H2,1H3,(H2,16,17). The molecule has 0 fully saturated rings. The van der Waals surface area contributed by atoms with Gasteiger partial charge < -0.3 is 10.5 Å². The zero-order valence-electron chi connectivity index (χ0n) is 10.2. The molecule has 2 N–H and O–H groups in total. The van der Waals surface area contributed by atoms with Gasteiger partial charge >= 0.3 is 0 Å². The van der Waals surface area contributed by atoms with Crippen LogP contribution in [-0.4, -0.2) is 13.0 Å². The maximum absolute atomic E-state index is 10.9. The third-order valence-corrected chi connectivity index (χ3v) is 2.81. The van der Waals surface area contributed by atoms with Crippen LogP contribution in [-0.2, 0) is 6.42 Å². The number of carbonyl (C=O) groups excluding carboxylic acids is 1. The second kappa shape index (κ2) is 5.36. The summed E-state index contributed by atoms with van der Waals surface area (Å²) in [6.45, 7) is 0. The van der Waals surface area contributed by atoms with Crippen molar-refractivity contribution in [3.63, 3.8) is 0 Å². The van der Waals surface area contributed by atoms with E-state index in [2.05, 4.69) is 0 Å². The van der Waals surface area contributed by atoms with Crippen molar-refractivity contribution in [3.8, 4) is 5.75 Å². The van der Waals surface area contributed by atoms with Crippen LogP contribution in [0.5, 0.6) is 5.75 Å². The molecule has 0 aliphatic heterocycles. The molecule has 1 amide bonds. The first-order chi connectivity index (χ1) is 8.69. The van der Waals surface area contributed by atoms with Crippen LogP contribution in [0.1, 0.15) is 21.5 Å². The fraction of sp³-hybridized carbons (Fsp3) is 0.133. The largest absolute Gasteiger partial charge is 0.497 e. The van der Waals surface area contributed by atoms with Crippen LogP contribution >= 0.6 is 0 Å². The van der Waals surface area contributed by atoms with E-state index in [4.69, 9.17) is 10.5 Å². The predicted molar refractivity (Wildman–Crippen MR) is 70.8 cm³/mol. The lowest BCUT2D eigenvalue weighted by molar-refractivity contribution is 0.100. The molecule has 0 aliphatic rings. The number of primary amides is 1. The Labute approximate surface area is 106 Å². The molecular formula is C15H15NO2. The van der Waals surface area contributed by atoms with Crippen molar-refractivity contribution in [2.24, 2.45) is 5.73 Å². The van der Waals surface area contributed by atoms with Gasteiger partial charge in [0.25, 0.3) is 0 Å². The number of nitrogens with two attached hydrogens (primary N) is 1. The molecule has 2 aromatic rings. The number of hydrogen-bond acceptors (Lipinski definition) is 2. The van der Waals surface area contributed by atoms with Crippen LogP contribution in [0.15, 0.2) is 48.5 Å². The van der Waals surface area contributed by atoms with E-state index in [0.29, 0.717) is 5.56 Å². The second-order valence-electron chi connectivity index (χ2n) is 4.09. The number of hydrogen-bond donors (Lipinski definition) is 1. The van der Waals surface area contributed by atoms with Gasteiger partial charge in [-0.3, -0.25) is 4.79 Å². The van der Waals surface area contributed by atoms with Gasteiger partial charge in [0, 0.05) is 5.56 Å². The van der Waals surface area contributed by atoms with Gasteiger partial charge in [0.15, 0.2) is 0 Å². The molecule has 92 valence electrons. The fourth-order valence-corrected chi connectivity index (χ4v) is 1.77. The highest BCUT2D eigenvalue weighted by atomic mass is 16.5. The lowest BCUT2D eigenvalue weighted by atomic mass is 10.0. The summed E-state index contributed by atoms with van der Waals surface area (Å²) in [5, 5.41) is 0. The third-order valence-electron chi connectivity index (χ3n) is 2.81. The molecule has 0 saturated carbocycles. The monoisotopic (exact) mass is 241 g/mol. The van der Waals surface area contributed by atoms with Gasteiger partial charge in [-0.25, -0.2) is 0 Å². The summed E-state index contributed by atoms with van der Waals surface area (Å²) in [6, 6.07) is 15.3. The fourth-order valence-electron chi connectivity index (χ4n) is 1.77. The highest BCUT2D eigenvalue weighted by molar-refractivity contribution is 5.92. The summed E-state index contributed by atoms with van der Waals surface area (Å²) in [5.41, 5.74) is 8.07. The van der Waals surface area contributed by atoms with Crippen LogP contribution in [0.4, 0.5) is 0 Å². The van der Waals surface area contributed by atoms with Crippen molar-refractivity contribution in [1.82, 2.24) is 0 Å². The molecule has 0 unspecified atom stereocenters. The Kier molecular flexibility index (Phi) is 3.63. The van der Waals surface area contributed by atoms with Crippen LogP contribution in [0.2, 0.25) is 0 Å². The zero-order chi connectivity index (χ0) is 13.0. The van der Waals surface area contributed by atoms with Crippen molar-refractivity contribution < 1.29 is 9.53 Å². The average molecular weight is 241 g/mol. The quantitative estimate of drug-likeness (QED) is 0.893. The molecule has 0 saturated heterocycles. The minimum atomic E-state index is -0.397. The topological polar surface area (TPSA) is 52.3 Å². The first-order valence-electron chi connectivity index (χ1n) is 5.71. The normalized spacial score (nSPS) is 10.1. The van der Waals surface area contributed by atoms with E-state index < -0.39 is 5.91 Å². The summed E-state index contributed by atoms with van der Waals surface area (Å²) in [5.74, 6) is 0.453. The highest BCUT2D eigenvalue weighted by Gasteiger charge is 2.01. The van der Waals surface area contributed by atoms with Gasteiger partial charge in [0.2, 0.25) is 5.91 Å². The Hall–Kier alpha value is -2.29. The van der Waals surface area contributed by atoms with Crippen molar-refractivity contribution in [2.45, 2.75) is 6.42 Å². The average Bonchev–Trinajstić information content (AvgIpc) is 2.40. The molecule has 0 heterocycles. The lowest BCUT2D eigenvalue weighted by Crippen LogP contribution is -2.10. The van der Waals surface area contributed by atoms with Gasteiger partial charge in [-0.05, 0) is 41.8 Å². The zero-order valence-corrected chi connectivity index (χ0v) is 10.2.